The van der Waals surface area contributed by atoms with E-state index in [0.29, 0.717) is 0 Å². The smallest absolute Gasteiger partial charge is 0.151 e. The predicted molar refractivity (Wildman–Crippen MR) is 144 cm³/mol. The summed E-state index contributed by atoms with van der Waals surface area (Å²) in [4.78, 5) is 9.28. The predicted octanol–water partition coefficient (Wildman–Crippen LogP) is 8.02. The summed E-state index contributed by atoms with van der Waals surface area (Å²) < 4.78 is 5.14. The van der Waals surface area contributed by atoms with Gasteiger partial charge in [-0.3, -0.25) is 4.99 Å². The minimum atomic E-state index is 0.264. The number of halogens is 3. The highest BCUT2D eigenvalue weighted by Crippen LogP contribution is 2.34. The van der Waals surface area contributed by atoms with E-state index in [1.54, 1.807) is 29.3 Å². The van der Waals surface area contributed by atoms with E-state index in [1.807, 2.05) is 30.3 Å². The van der Waals surface area contributed by atoms with Crippen molar-refractivity contribution in [1.82, 2.24) is 4.98 Å². The molecule has 0 unspecified atom stereocenters. The average molecular weight is 707 g/mol. The molecule has 0 saturated heterocycles. The van der Waals surface area contributed by atoms with Crippen molar-refractivity contribution in [3.63, 3.8) is 0 Å². The zero-order chi connectivity index (χ0) is 20.4. The van der Waals surface area contributed by atoms with Gasteiger partial charge in [-0.2, -0.15) is 0 Å². The first-order valence-electron chi connectivity index (χ1n) is 8.48. The maximum atomic E-state index is 10.2. The van der Waals surface area contributed by atoms with E-state index in [0.717, 1.165) is 43.2 Å². The summed E-state index contributed by atoms with van der Waals surface area (Å²) in [5, 5.41) is 10.2. The molecule has 29 heavy (non-hydrogen) atoms. The second kappa shape index (κ2) is 9.63. The Morgan fingerprint density at radius 1 is 1.10 bits per heavy atom. The van der Waals surface area contributed by atoms with Crippen LogP contribution in [-0.4, -0.2) is 16.3 Å². The molecule has 146 valence electrons. The van der Waals surface area contributed by atoms with Gasteiger partial charge in [0.25, 0.3) is 0 Å². The van der Waals surface area contributed by atoms with Gasteiger partial charge < -0.3 is 5.11 Å². The van der Waals surface area contributed by atoms with Crippen LogP contribution >= 0.6 is 84.2 Å². The fourth-order valence-corrected chi connectivity index (χ4v) is 6.80. The first-order valence-corrected chi connectivity index (χ1v) is 13.2. The third kappa shape index (κ3) is 5.52. The van der Waals surface area contributed by atoms with Crippen LogP contribution in [0, 0.1) is 7.14 Å². The third-order valence-corrected chi connectivity index (χ3v) is 8.24. The molecule has 4 aromatic rings. The molecule has 0 spiro atoms. The summed E-state index contributed by atoms with van der Waals surface area (Å²) in [5.41, 5.74) is 3.82. The number of hydrogen-bond donors (Lipinski definition) is 1. The van der Waals surface area contributed by atoms with Crippen LogP contribution in [0.4, 0.5) is 5.69 Å². The van der Waals surface area contributed by atoms with Crippen molar-refractivity contribution in [3.8, 4) is 5.75 Å². The normalized spacial score (nSPS) is 11.6. The van der Waals surface area contributed by atoms with Crippen LogP contribution in [0.1, 0.15) is 11.1 Å². The van der Waals surface area contributed by atoms with Gasteiger partial charge in [0.15, 0.2) is 4.34 Å². The lowest BCUT2D eigenvalue weighted by atomic mass is 10.2. The van der Waals surface area contributed by atoms with Crippen molar-refractivity contribution in [2.75, 3.05) is 0 Å². The highest BCUT2D eigenvalue weighted by atomic mass is 127. The van der Waals surface area contributed by atoms with Crippen LogP contribution in [-0.2, 0) is 5.75 Å². The Hall–Kier alpha value is -0.690. The Kier molecular flexibility index (Phi) is 7.15. The lowest BCUT2D eigenvalue weighted by Gasteiger charge is -2.02. The first-order chi connectivity index (χ1) is 14.0. The molecule has 0 aliphatic heterocycles. The standard InChI is InChI=1S/C21H13BrI2N2OS2/c22-14-3-1-12(2-4-14)11-28-21-26-18-6-5-16(9-19(18)29-21)25-10-13-7-15(23)8-17(24)20(13)27/h1-10,27H,11H2. The van der Waals surface area contributed by atoms with Crippen molar-refractivity contribution in [2.24, 2.45) is 4.99 Å². The number of aliphatic imine (C=N–C) groups is 1. The number of thioether (sulfide) groups is 1. The Bertz CT molecular complexity index is 1210. The molecular weight excluding hydrogens is 694 g/mol. The number of aromatic nitrogens is 1. The molecule has 4 rings (SSSR count). The van der Waals surface area contributed by atoms with Crippen molar-refractivity contribution in [1.29, 1.82) is 0 Å². The van der Waals surface area contributed by atoms with Crippen molar-refractivity contribution < 1.29 is 5.11 Å². The van der Waals surface area contributed by atoms with Crippen LogP contribution in [0.5, 0.6) is 5.75 Å². The van der Waals surface area contributed by atoms with E-state index in [-0.39, 0.29) is 5.75 Å². The number of phenols is 1. The topological polar surface area (TPSA) is 45.5 Å². The number of aromatic hydroxyl groups is 1. The maximum Gasteiger partial charge on any atom is 0.151 e. The highest BCUT2D eigenvalue weighted by Gasteiger charge is 2.07. The zero-order valence-electron chi connectivity index (χ0n) is 14.8. The summed E-state index contributed by atoms with van der Waals surface area (Å²) in [6.07, 6.45) is 1.71. The molecule has 0 aliphatic carbocycles. The maximum absolute atomic E-state index is 10.2. The first kappa shape index (κ1) is 21.5. The summed E-state index contributed by atoms with van der Waals surface area (Å²) in [5.74, 6) is 1.16. The number of nitrogens with zero attached hydrogens (tertiary/aromatic N) is 2. The molecule has 8 heteroatoms. The van der Waals surface area contributed by atoms with E-state index in [9.17, 15) is 5.11 Å². The SMILES string of the molecule is Oc1c(I)cc(I)cc1C=Nc1ccc2nc(SCc3ccc(Br)cc3)sc2c1. The van der Waals surface area contributed by atoms with Crippen LogP contribution in [0.25, 0.3) is 10.2 Å². The number of thiazole rings is 1. The monoisotopic (exact) mass is 706 g/mol. The summed E-state index contributed by atoms with van der Waals surface area (Å²) >= 11 is 11.3. The molecule has 0 radical (unpaired) electrons. The van der Waals surface area contributed by atoms with Crippen LogP contribution in [0.2, 0.25) is 0 Å². The second-order valence-corrected chi connectivity index (χ2v) is 11.7. The van der Waals surface area contributed by atoms with Crippen molar-refractivity contribution in [2.45, 2.75) is 10.1 Å². The van der Waals surface area contributed by atoms with Gasteiger partial charge in [0.2, 0.25) is 0 Å². The van der Waals surface area contributed by atoms with Gasteiger partial charge in [0.05, 0.1) is 19.5 Å². The Morgan fingerprint density at radius 3 is 2.69 bits per heavy atom. The number of benzene rings is 3. The minimum Gasteiger partial charge on any atom is -0.506 e. The molecular formula is C21H13BrI2N2OS2. The van der Waals surface area contributed by atoms with E-state index in [1.165, 1.54) is 5.56 Å². The fourth-order valence-electron chi connectivity index (χ4n) is 2.59. The largest absolute Gasteiger partial charge is 0.506 e. The lowest BCUT2D eigenvalue weighted by Crippen LogP contribution is -1.87. The van der Waals surface area contributed by atoms with Crippen LogP contribution in [0.15, 0.2) is 68.4 Å². The quantitative estimate of drug-likeness (QED) is 0.130. The van der Waals surface area contributed by atoms with E-state index in [2.05, 4.69) is 90.4 Å². The Morgan fingerprint density at radius 2 is 1.90 bits per heavy atom. The molecule has 1 aromatic heterocycles. The molecule has 1 heterocycles. The molecule has 1 N–H and O–H groups in total. The van der Waals surface area contributed by atoms with E-state index < -0.39 is 0 Å². The number of rotatable bonds is 5. The fraction of sp³-hybridized carbons (Fsp3) is 0.0476. The van der Waals surface area contributed by atoms with Gasteiger partial charge in [-0.25, -0.2) is 4.98 Å². The van der Waals surface area contributed by atoms with Gasteiger partial charge in [-0.05, 0) is 93.2 Å². The van der Waals surface area contributed by atoms with Gasteiger partial charge in [-0.1, -0.05) is 39.8 Å². The number of hydrogen-bond acceptors (Lipinski definition) is 5. The third-order valence-electron chi connectivity index (χ3n) is 4.04. The molecule has 3 nitrogen and oxygen atoms in total. The number of phenolic OH excluding ortho intramolecular Hbond substituents is 1. The highest BCUT2D eigenvalue weighted by molar-refractivity contribution is 14.1. The molecule has 0 amide bonds. The van der Waals surface area contributed by atoms with Gasteiger partial charge in [-0.15, -0.1) is 11.3 Å². The lowest BCUT2D eigenvalue weighted by molar-refractivity contribution is 0.470. The van der Waals surface area contributed by atoms with E-state index in [4.69, 9.17) is 4.98 Å². The summed E-state index contributed by atoms with van der Waals surface area (Å²) in [6.45, 7) is 0. The average Bonchev–Trinajstić information content (AvgIpc) is 3.11. The Labute approximate surface area is 212 Å². The minimum absolute atomic E-state index is 0.264. The molecule has 0 saturated carbocycles. The number of fused-ring (bicyclic) bond motifs is 1. The van der Waals surface area contributed by atoms with Gasteiger partial charge in [0.1, 0.15) is 5.75 Å². The van der Waals surface area contributed by atoms with Crippen LogP contribution < -0.4 is 0 Å². The zero-order valence-corrected chi connectivity index (χ0v) is 22.3. The Balaban J connectivity index is 1.51. The summed E-state index contributed by atoms with van der Waals surface area (Å²) in [6, 6.07) is 18.2. The van der Waals surface area contributed by atoms with Crippen LogP contribution in [0.3, 0.4) is 0 Å². The van der Waals surface area contributed by atoms with Crippen molar-refractivity contribution in [3.05, 3.63) is 77.3 Å². The second-order valence-electron chi connectivity index (χ2n) is 6.13. The molecule has 0 bridgehead atoms. The molecule has 0 fully saturated rings. The molecule has 0 aliphatic rings. The summed E-state index contributed by atoms with van der Waals surface area (Å²) in [7, 11) is 0. The van der Waals surface area contributed by atoms with Gasteiger partial charge in [0, 0.05) is 25.6 Å². The molecule has 0 atom stereocenters. The van der Waals surface area contributed by atoms with Crippen molar-refractivity contribution >= 4 is 106 Å². The van der Waals surface area contributed by atoms with E-state index >= 15 is 0 Å². The van der Waals surface area contributed by atoms with Gasteiger partial charge >= 0.3 is 0 Å². The molecule has 3 aromatic carbocycles.